The van der Waals surface area contributed by atoms with Gasteiger partial charge in [-0.1, -0.05) is 48.8 Å². The molecule has 2 unspecified atom stereocenters. The minimum atomic E-state index is -0.929. The molecule has 3 aromatic rings. The Morgan fingerprint density at radius 3 is 2.74 bits per heavy atom. The van der Waals surface area contributed by atoms with Crippen molar-refractivity contribution in [2.75, 3.05) is 18.4 Å². The first-order valence-corrected chi connectivity index (χ1v) is 13.9. The summed E-state index contributed by atoms with van der Waals surface area (Å²) in [6.45, 7) is 3.66. The molecule has 3 heterocycles. The van der Waals surface area contributed by atoms with E-state index in [1.807, 2.05) is 49.4 Å². The van der Waals surface area contributed by atoms with Crippen LogP contribution in [0.2, 0.25) is 0 Å². The lowest BCUT2D eigenvalue weighted by atomic mass is 10.0. The number of pyridine rings is 1. The lowest BCUT2D eigenvalue weighted by molar-refractivity contribution is -0.126. The molecule has 2 aromatic heterocycles. The second-order valence-corrected chi connectivity index (χ2v) is 10.8. The molecular weight excluding hydrogens is 478 g/mol. The zero-order valence-corrected chi connectivity index (χ0v) is 21.9. The van der Waals surface area contributed by atoms with Gasteiger partial charge >= 0.3 is 0 Å². The summed E-state index contributed by atoms with van der Waals surface area (Å²) in [5.74, 6) is 1.55. The molecule has 8 nitrogen and oxygen atoms in total. The quantitative estimate of drug-likeness (QED) is 0.436. The second-order valence-electron chi connectivity index (χ2n) is 10.8. The number of aromatic nitrogens is 2. The minimum Gasteiger partial charge on any atom is -0.383 e. The summed E-state index contributed by atoms with van der Waals surface area (Å²) in [6.07, 6.45) is 7.96. The topological polar surface area (TPSA) is 100 Å². The van der Waals surface area contributed by atoms with Crippen molar-refractivity contribution in [2.45, 2.75) is 58.0 Å². The molecule has 0 saturated heterocycles. The highest BCUT2D eigenvalue weighted by Gasteiger charge is 2.54. The van der Waals surface area contributed by atoms with Crippen molar-refractivity contribution in [2.24, 2.45) is 17.8 Å². The van der Waals surface area contributed by atoms with Crippen molar-refractivity contribution in [3.8, 4) is 0 Å². The highest BCUT2D eigenvalue weighted by molar-refractivity contribution is 6.01. The van der Waals surface area contributed by atoms with Gasteiger partial charge in [-0.05, 0) is 67.1 Å². The van der Waals surface area contributed by atoms with Crippen molar-refractivity contribution in [1.82, 2.24) is 20.4 Å². The van der Waals surface area contributed by atoms with Gasteiger partial charge in [-0.15, -0.1) is 0 Å². The zero-order valence-electron chi connectivity index (χ0n) is 21.9. The molecule has 0 radical (unpaired) electrons. The number of hydrogen-bond acceptors (Lipinski definition) is 6. The van der Waals surface area contributed by atoms with Crippen LogP contribution in [0.4, 0.5) is 5.69 Å². The predicted octanol–water partition coefficient (Wildman–Crippen LogP) is 4.54. The molecule has 1 aromatic carbocycles. The van der Waals surface area contributed by atoms with E-state index in [4.69, 9.17) is 4.52 Å². The number of aryl methyl sites for hydroxylation is 2. The van der Waals surface area contributed by atoms with Gasteiger partial charge in [0.25, 0.3) is 11.8 Å². The Labute approximate surface area is 223 Å². The number of fused-ring (bicyclic) bond motifs is 2. The van der Waals surface area contributed by atoms with Crippen LogP contribution in [0.3, 0.4) is 0 Å². The molecule has 6 rings (SSSR count). The van der Waals surface area contributed by atoms with E-state index in [2.05, 4.69) is 20.8 Å². The van der Waals surface area contributed by atoms with Crippen LogP contribution >= 0.6 is 0 Å². The molecule has 38 heavy (non-hydrogen) atoms. The Morgan fingerprint density at radius 2 is 1.97 bits per heavy atom. The molecule has 3 aliphatic rings. The SMILES string of the molecule is CCc1cc(C(C(=O)NCc2ccccc2)N(CC2[C@H]3CCC[C@@H]23)C(=O)c2nccc3c2NCCC3)on1. The fourth-order valence-electron chi connectivity index (χ4n) is 6.40. The van der Waals surface area contributed by atoms with E-state index < -0.39 is 6.04 Å². The molecule has 2 fully saturated rings. The molecule has 1 aliphatic heterocycles. The van der Waals surface area contributed by atoms with Crippen LogP contribution in [0.25, 0.3) is 0 Å². The highest BCUT2D eigenvalue weighted by Crippen LogP contribution is 2.58. The molecule has 2 aliphatic carbocycles. The lowest BCUT2D eigenvalue weighted by Gasteiger charge is -2.31. The van der Waals surface area contributed by atoms with Gasteiger partial charge in [-0.3, -0.25) is 9.59 Å². The van der Waals surface area contributed by atoms with E-state index in [0.717, 1.165) is 41.9 Å². The van der Waals surface area contributed by atoms with Crippen LogP contribution in [0, 0.1) is 17.8 Å². The van der Waals surface area contributed by atoms with Crippen molar-refractivity contribution in [1.29, 1.82) is 0 Å². The van der Waals surface area contributed by atoms with E-state index in [0.29, 0.717) is 48.7 Å². The van der Waals surface area contributed by atoms with Crippen LogP contribution in [0.5, 0.6) is 0 Å². The van der Waals surface area contributed by atoms with E-state index in [1.54, 1.807) is 11.1 Å². The first kappa shape index (κ1) is 24.6. The smallest absolute Gasteiger partial charge is 0.275 e. The first-order chi connectivity index (χ1) is 18.6. The molecule has 2 amide bonds. The normalized spacial score (nSPS) is 22.1. The largest absolute Gasteiger partial charge is 0.383 e. The van der Waals surface area contributed by atoms with Crippen LogP contribution in [-0.2, 0) is 24.2 Å². The lowest BCUT2D eigenvalue weighted by Crippen LogP contribution is -2.45. The van der Waals surface area contributed by atoms with Crippen LogP contribution < -0.4 is 10.6 Å². The summed E-state index contributed by atoms with van der Waals surface area (Å²) < 4.78 is 5.73. The fraction of sp³-hybridized carbons (Fsp3) is 0.467. The fourth-order valence-corrected chi connectivity index (χ4v) is 6.40. The number of anilines is 1. The molecule has 8 heteroatoms. The Bertz CT molecular complexity index is 1300. The van der Waals surface area contributed by atoms with Crippen molar-refractivity contribution in [3.63, 3.8) is 0 Å². The van der Waals surface area contributed by atoms with E-state index in [-0.39, 0.29) is 11.8 Å². The number of carbonyl (C=O) groups is 2. The van der Waals surface area contributed by atoms with Crippen molar-refractivity contribution >= 4 is 17.5 Å². The van der Waals surface area contributed by atoms with Crippen molar-refractivity contribution in [3.05, 3.63) is 76.9 Å². The molecule has 0 bridgehead atoms. The standard InChI is InChI=1S/C30H35N5O3/c1-2-21-16-25(38-34-21)28(29(36)33-17-19-8-4-3-5-9-19)35(18-24-22-11-6-12-23(22)24)30(37)27-26-20(13-15-32-27)10-7-14-31-26/h3-5,8-9,13,15-16,22-24,28,31H,2,6-7,10-12,14,17-18H2,1H3,(H,33,36)/t22-,23+,24?,28?. The number of nitrogens with one attached hydrogen (secondary N) is 2. The summed E-state index contributed by atoms with van der Waals surface area (Å²) >= 11 is 0. The maximum Gasteiger partial charge on any atom is 0.275 e. The summed E-state index contributed by atoms with van der Waals surface area (Å²) in [5, 5.41) is 10.6. The van der Waals surface area contributed by atoms with Gasteiger partial charge in [0.2, 0.25) is 0 Å². The first-order valence-electron chi connectivity index (χ1n) is 13.9. The minimum absolute atomic E-state index is 0.240. The zero-order chi connectivity index (χ0) is 26.1. The van der Waals surface area contributed by atoms with E-state index >= 15 is 0 Å². The number of rotatable bonds is 9. The highest BCUT2D eigenvalue weighted by atomic mass is 16.5. The average molecular weight is 514 g/mol. The Morgan fingerprint density at radius 1 is 1.16 bits per heavy atom. The number of nitrogens with zero attached hydrogens (tertiary/aromatic N) is 3. The molecular formula is C30H35N5O3. The van der Waals surface area contributed by atoms with Gasteiger partial charge in [0.15, 0.2) is 17.5 Å². The van der Waals surface area contributed by atoms with Crippen molar-refractivity contribution < 1.29 is 14.1 Å². The predicted molar refractivity (Wildman–Crippen MR) is 143 cm³/mol. The third kappa shape index (κ3) is 4.79. The van der Waals surface area contributed by atoms with Gasteiger partial charge in [0.1, 0.15) is 0 Å². The summed E-state index contributed by atoms with van der Waals surface area (Å²) in [7, 11) is 0. The summed E-state index contributed by atoms with van der Waals surface area (Å²) in [4.78, 5) is 34.5. The molecule has 2 N–H and O–H groups in total. The Hall–Kier alpha value is -3.68. The maximum absolute atomic E-state index is 14.4. The molecule has 198 valence electrons. The number of carbonyl (C=O) groups excluding carboxylic acids is 2. The van der Waals surface area contributed by atoms with Crippen LogP contribution in [-0.4, -0.2) is 39.9 Å². The van der Waals surface area contributed by atoms with Gasteiger partial charge in [0.05, 0.1) is 11.4 Å². The summed E-state index contributed by atoms with van der Waals surface area (Å²) in [6, 6.07) is 12.6. The molecule has 0 spiro atoms. The Balaban J connectivity index is 1.36. The van der Waals surface area contributed by atoms with E-state index in [1.165, 1.54) is 19.3 Å². The van der Waals surface area contributed by atoms with Gasteiger partial charge in [-0.2, -0.15) is 0 Å². The number of benzene rings is 1. The van der Waals surface area contributed by atoms with Gasteiger partial charge < -0.3 is 20.1 Å². The molecule has 2 saturated carbocycles. The van der Waals surface area contributed by atoms with Gasteiger partial charge in [-0.25, -0.2) is 4.98 Å². The number of amides is 2. The summed E-state index contributed by atoms with van der Waals surface area (Å²) in [5.41, 5.74) is 4.01. The van der Waals surface area contributed by atoms with E-state index in [9.17, 15) is 9.59 Å². The maximum atomic E-state index is 14.4. The third-order valence-corrected chi connectivity index (χ3v) is 8.50. The monoisotopic (exact) mass is 513 g/mol. The third-order valence-electron chi connectivity index (χ3n) is 8.50. The van der Waals surface area contributed by atoms with Crippen LogP contribution in [0.15, 0.2) is 53.2 Å². The number of hydrogen-bond donors (Lipinski definition) is 2. The molecule has 4 atom stereocenters. The Kier molecular flexibility index (Phi) is 6.87. The average Bonchev–Trinajstić information content (AvgIpc) is 3.31. The second kappa shape index (κ2) is 10.6. The van der Waals surface area contributed by atoms with Gasteiger partial charge in [0, 0.05) is 31.9 Å². The van der Waals surface area contributed by atoms with Crippen LogP contribution in [0.1, 0.15) is 71.7 Å².